The summed E-state index contributed by atoms with van der Waals surface area (Å²) in [7, 11) is 0. The zero-order chi connectivity index (χ0) is 13.7. The molecule has 0 aliphatic rings. The Morgan fingerprint density at radius 1 is 1.42 bits per heavy atom. The third kappa shape index (κ3) is 2.98. The second-order valence-corrected chi connectivity index (χ2v) is 4.36. The fourth-order valence-electron chi connectivity index (χ4n) is 1.96. The Kier molecular flexibility index (Phi) is 4.26. The van der Waals surface area contributed by atoms with Crippen molar-refractivity contribution >= 4 is 0 Å². The molecule has 0 bridgehead atoms. The Hall–Kier alpha value is -2.19. The van der Waals surface area contributed by atoms with E-state index in [4.69, 9.17) is 5.26 Å². The third-order valence-corrected chi connectivity index (χ3v) is 2.94. The Labute approximate surface area is 112 Å². The monoisotopic (exact) mass is 255 g/mol. The highest BCUT2D eigenvalue weighted by Crippen LogP contribution is 2.20. The van der Waals surface area contributed by atoms with Crippen LogP contribution in [0.4, 0.5) is 0 Å². The van der Waals surface area contributed by atoms with Gasteiger partial charge in [0.2, 0.25) is 0 Å². The van der Waals surface area contributed by atoms with Crippen LogP contribution in [0.15, 0.2) is 30.6 Å². The summed E-state index contributed by atoms with van der Waals surface area (Å²) in [5.41, 5.74) is 2.10. The van der Waals surface area contributed by atoms with Crippen LogP contribution in [0.5, 0.6) is 0 Å². The molecule has 1 unspecified atom stereocenters. The fraction of sp³-hybridized carbons (Fsp3) is 0.357. The van der Waals surface area contributed by atoms with Crippen LogP contribution in [0, 0.1) is 11.3 Å². The smallest absolute Gasteiger partial charge is 0.252 e. The SMILES string of the molecule is CCCNC(C)c1ccccc1-n1cnc(C#N)n1. The molecule has 1 N–H and O–H groups in total. The minimum Gasteiger partial charge on any atom is -0.310 e. The van der Waals surface area contributed by atoms with Crippen LogP contribution in [0.3, 0.4) is 0 Å². The van der Waals surface area contributed by atoms with Crippen LogP contribution >= 0.6 is 0 Å². The minimum absolute atomic E-state index is 0.184. The summed E-state index contributed by atoms with van der Waals surface area (Å²) in [6.45, 7) is 5.23. The summed E-state index contributed by atoms with van der Waals surface area (Å²) >= 11 is 0. The molecule has 0 saturated heterocycles. The van der Waals surface area contributed by atoms with E-state index >= 15 is 0 Å². The van der Waals surface area contributed by atoms with Gasteiger partial charge in [0.05, 0.1) is 5.69 Å². The topological polar surface area (TPSA) is 66.5 Å². The number of hydrogen-bond donors (Lipinski definition) is 1. The quantitative estimate of drug-likeness (QED) is 0.889. The molecule has 2 rings (SSSR count). The Balaban J connectivity index is 2.33. The van der Waals surface area contributed by atoms with E-state index in [1.165, 1.54) is 0 Å². The zero-order valence-electron chi connectivity index (χ0n) is 11.2. The lowest BCUT2D eigenvalue weighted by atomic mass is 10.1. The number of aromatic nitrogens is 3. The van der Waals surface area contributed by atoms with E-state index in [1.54, 1.807) is 11.0 Å². The maximum absolute atomic E-state index is 8.79. The maximum Gasteiger partial charge on any atom is 0.252 e. The average Bonchev–Trinajstić information content (AvgIpc) is 2.93. The van der Waals surface area contributed by atoms with Crippen molar-refractivity contribution in [3.63, 3.8) is 0 Å². The molecule has 0 saturated carbocycles. The Bertz CT molecular complexity index is 582. The average molecular weight is 255 g/mol. The van der Waals surface area contributed by atoms with Gasteiger partial charge >= 0.3 is 0 Å². The first-order valence-corrected chi connectivity index (χ1v) is 6.40. The van der Waals surface area contributed by atoms with E-state index in [1.807, 2.05) is 24.3 Å². The molecule has 5 nitrogen and oxygen atoms in total. The molecular formula is C14H17N5. The van der Waals surface area contributed by atoms with Gasteiger partial charge in [0.15, 0.2) is 0 Å². The number of nitrogens with zero attached hydrogens (tertiary/aromatic N) is 4. The van der Waals surface area contributed by atoms with Crippen molar-refractivity contribution in [2.24, 2.45) is 0 Å². The molecule has 0 aliphatic heterocycles. The highest BCUT2D eigenvalue weighted by Gasteiger charge is 2.12. The molecule has 1 aromatic carbocycles. The first-order chi connectivity index (χ1) is 9.26. The van der Waals surface area contributed by atoms with E-state index in [9.17, 15) is 0 Å². The highest BCUT2D eigenvalue weighted by molar-refractivity contribution is 5.42. The van der Waals surface area contributed by atoms with Gasteiger partial charge in [-0.15, -0.1) is 5.10 Å². The van der Waals surface area contributed by atoms with Gasteiger partial charge in [-0.2, -0.15) is 5.26 Å². The van der Waals surface area contributed by atoms with Crippen molar-refractivity contribution in [1.82, 2.24) is 20.1 Å². The van der Waals surface area contributed by atoms with Crippen molar-refractivity contribution in [2.45, 2.75) is 26.3 Å². The van der Waals surface area contributed by atoms with Crippen LogP contribution in [-0.2, 0) is 0 Å². The van der Waals surface area contributed by atoms with Gasteiger partial charge in [-0.05, 0) is 31.5 Å². The minimum atomic E-state index is 0.184. The third-order valence-electron chi connectivity index (χ3n) is 2.94. The lowest BCUT2D eigenvalue weighted by Gasteiger charge is -2.17. The number of hydrogen-bond acceptors (Lipinski definition) is 4. The molecule has 1 atom stereocenters. The van der Waals surface area contributed by atoms with E-state index in [2.05, 4.69) is 35.3 Å². The van der Waals surface area contributed by atoms with Crippen LogP contribution in [0.1, 0.15) is 37.7 Å². The summed E-state index contributed by atoms with van der Waals surface area (Å²) in [6, 6.07) is 10.2. The van der Waals surface area contributed by atoms with E-state index in [0.29, 0.717) is 0 Å². The first kappa shape index (κ1) is 13.2. The molecule has 0 spiro atoms. The summed E-state index contributed by atoms with van der Waals surface area (Å²) in [6.07, 6.45) is 2.67. The lowest BCUT2D eigenvalue weighted by Crippen LogP contribution is -2.20. The van der Waals surface area contributed by atoms with Crippen LogP contribution < -0.4 is 5.32 Å². The molecule has 5 heteroatoms. The van der Waals surface area contributed by atoms with Gasteiger partial charge in [-0.1, -0.05) is 25.1 Å². The number of benzene rings is 1. The van der Waals surface area contributed by atoms with Crippen molar-refractivity contribution in [3.05, 3.63) is 42.0 Å². The number of rotatable bonds is 5. The van der Waals surface area contributed by atoms with Gasteiger partial charge in [0, 0.05) is 6.04 Å². The van der Waals surface area contributed by atoms with Gasteiger partial charge in [-0.25, -0.2) is 9.67 Å². The number of para-hydroxylation sites is 1. The predicted molar refractivity (Wildman–Crippen MR) is 72.8 cm³/mol. The van der Waals surface area contributed by atoms with E-state index in [0.717, 1.165) is 24.2 Å². The molecule has 1 aromatic heterocycles. The molecule has 0 fully saturated rings. The van der Waals surface area contributed by atoms with Gasteiger partial charge < -0.3 is 5.32 Å². The number of nitrogens with one attached hydrogen (secondary N) is 1. The zero-order valence-corrected chi connectivity index (χ0v) is 11.2. The van der Waals surface area contributed by atoms with Crippen molar-refractivity contribution < 1.29 is 0 Å². The van der Waals surface area contributed by atoms with E-state index < -0.39 is 0 Å². The molecule has 0 aliphatic carbocycles. The summed E-state index contributed by atoms with van der Waals surface area (Å²) in [5.74, 6) is 0.184. The van der Waals surface area contributed by atoms with E-state index in [-0.39, 0.29) is 11.9 Å². The standard InChI is InChI=1S/C14H17N5/c1-3-8-16-11(2)12-6-4-5-7-13(12)19-10-17-14(9-15)18-19/h4-7,10-11,16H,3,8H2,1-2H3. The highest BCUT2D eigenvalue weighted by atomic mass is 15.3. The molecule has 98 valence electrons. The second kappa shape index (κ2) is 6.12. The van der Waals surface area contributed by atoms with Crippen molar-refractivity contribution in [3.8, 4) is 11.8 Å². The van der Waals surface area contributed by atoms with Crippen molar-refractivity contribution in [2.75, 3.05) is 6.54 Å². The molecule has 0 radical (unpaired) electrons. The van der Waals surface area contributed by atoms with Gasteiger partial charge in [-0.3, -0.25) is 0 Å². The molecule has 1 heterocycles. The molecule has 0 amide bonds. The van der Waals surface area contributed by atoms with Crippen molar-refractivity contribution in [1.29, 1.82) is 5.26 Å². The van der Waals surface area contributed by atoms with Crippen LogP contribution in [0.25, 0.3) is 5.69 Å². The molecule has 19 heavy (non-hydrogen) atoms. The Morgan fingerprint density at radius 2 is 2.21 bits per heavy atom. The second-order valence-electron chi connectivity index (χ2n) is 4.36. The first-order valence-electron chi connectivity index (χ1n) is 6.40. The Morgan fingerprint density at radius 3 is 2.89 bits per heavy atom. The molecular weight excluding hydrogens is 238 g/mol. The van der Waals surface area contributed by atoms with Crippen LogP contribution in [0.2, 0.25) is 0 Å². The summed E-state index contributed by atoms with van der Waals surface area (Å²) < 4.78 is 1.65. The normalized spacial score (nSPS) is 12.1. The van der Waals surface area contributed by atoms with Gasteiger partial charge in [0.25, 0.3) is 5.82 Å². The molecule has 2 aromatic rings. The largest absolute Gasteiger partial charge is 0.310 e. The maximum atomic E-state index is 8.79. The van der Waals surface area contributed by atoms with Crippen LogP contribution in [-0.4, -0.2) is 21.3 Å². The van der Waals surface area contributed by atoms with Gasteiger partial charge in [0.1, 0.15) is 12.4 Å². The summed E-state index contributed by atoms with van der Waals surface area (Å²) in [5, 5.41) is 16.4. The lowest BCUT2D eigenvalue weighted by molar-refractivity contribution is 0.567. The fourth-order valence-corrected chi connectivity index (χ4v) is 1.96. The summed E-state index contributed by atoms with van der Waals surface area (Å²) in [4.78, 5) is 3.94. The number of nitriles is 1. The predicted octanol–water partition coefficient (Wildman–Crippen LogP) is 2.20.